The second-order valence-corrected chi connectivity index (χ2v) is 9.59. The number of likely N-dealkylation sites (tertiary alicyclic amines) is 2. The van der Waals surface area contributed by atoms with Crippen molar-refractivity contribution in [3.63, 3.8) is 0 Å². The van der Waals surface area contributed by atoms with E-state index in [2.05, 4.69) is 29.6 Å². The van der Waals surface area contributed by atoms with Crippen LogP contribution in [0.15, 0.2) is 42.5 Å². The Balaban J connectivity index is 1.37. The number of para-hydroxylation sites is 1. The van der Waals surface area contributed by atoms with Crippen molar-refractivity contribution in [1.82, 2.24) is 0 Å². The third kappa shape index (κ3) is 5.25. The topological polar surface area (TPSA) is 56.4 Å². The largest absolute Gasteiger partial charge is 0.493 e. The molecule has 4 rings (SSSR count). The van der Waals surface area contributed by atoms with Crippen molar-refractivity contribution in [2.75, 3.05) is 45.7 Å². The van der Waals surface area contributed by atoms with Crippen LogP contribution in [0.3, 0.4) is 0 Å². The van der Waals surface area contributed by atoms with Gasteiger partial charge in [0, 0.05) is 24.6 Å². The highest BCUT2D eigenvalue weighted by molar-refractivity contribution is 5.88. The Morgan fingerprint density at radius 3 is 2.41 bits per heavy atom. The molecule has 2 fully saturated rings. The number of nitrogens with one attached hydrogen (secondary N) is 3. The number of quaternary nitrogens is 2. The van der Waals surface area contributed by atoms with Gasteiger partial charge in [0.15, 0.2) is 11.5 Å². The monoisotopic (exact) mass is 439 g/mol. The van der Waals surface area contributed by atoms with E-state index in [0.29, 0.717) is 5.41 Å². The maximum Gasteiger partial charge on any atom is 0.221 e. The number of rotatable bonds is 7. The summed E-state index contributed by atoms with van der Waals surface area (Å²) >= 11 is 0. The Morgan fingerprint density at radius 2 is 1.72 bits per heavy atom. The summed E-state index contributed by atoms with van der Waals surface area (Å²) in [6, 6.07) is 14.5. The van der Waals surface area contributed by atoms with Gasteiger partial charge in [-0.3, -0.25) is 4.79 Å². The van der Waals surface area contributed by atoms with Gasteiger partial charge in [-0.1, -0.05) is 18.2 Å². The van der Waals surface area contributed by atoms with Crippen LogP contribution >= 0.6 is 0 Å². The van der Waals surface area contributed by atoms with E-state index in [-0.39, 0.29) is 5.91 Å². The maximum atomic E-state index is 11.2. The summed E-state index contributed by atoms with van der Waals surface area (Å²) in [6.45, 7) is 8.54. The number of piperidine rings is 1. The standard InChI is InChI=1S/C26H35N3O3/c1-20(30)27-23-10-8-21(9-11-23)16-29-15-13-26(19-29)12-5-14-28(18-26)17-22-6-4-7-24(31-2)25(22)32-3/h4,6-11H,5,12-19H2,1-3H3,(H,27,30)/p+2. The van der Waals surface area contributed by atoms with Gasteiger partial charge in [0.05, 0.1) is 51.4 Å². The predicted molar refractivity (Wildman–Crippen MR) is 125 cm³/mol. The Morgan fingerprint density at radius 1 is 0.969 bits per heavy atom. The molecule has 0 radical (unpaired) electrons. The van der Waals surface area contributed by atoms with Crippen LogP contribution in [0, 0.1) is 5.41 Å². The van der Waals surface area contributed by atoms with E-state index in [1.807, 2.05) is 18.2 Å². The zero-order valence-corrected chi connectivity index (χ0v) is 19.6. The lowest BCUT2D eigenvalue weighted by molar-refractivity contribution is -0.937. The van der Waals surface area contributed by atoms with E-state index < -0.39 is 0 Å². The van der Waals surface area contributed by atoms with Gasteiger partial charge in [0.25, 0.3) is 0 Å². The molecular weight excluding hydrogens is 402 g/mol. The SMILES string of the molecule is COc1cccc(C[NH+]2CCCC3(CC[NH+](Cc4ccc(NC(C)=O)cc4)C3)C2)c1OC. The molecule has 6 heteroatoms. The molecule has 6 nitrogen and oxygen atoms in total. The van der Waals surface area contributed by atoms with E-state index in [4.69, 9.17) is 9.47 Å². The van der Waals surface area contributed by atoms with Gasteiger partial charge in [0.1, 0.15) is 13.1 Å². The first-order valence-corrected chi connectivity index (χ1v) is 11.7. The maximum absolute atomic E-state index is 11.2. The Bertz CT molecular complexity index is 930. The number of anilines is 1. The predicted octanol–water partition coefficient (Wildman–Crippen LogP) is 1.32. The molecule has 2 saturated heterocycles. The molecule has 3 atom stereocenters. The van der Waals surface area contributed by atoms with Crippen LogP contribution in [0.4, 0.5) is 5.69 Å². The van der Waals surface area contributed by atoms with Crippen LogP contribution in [0.5, 0.6) is 11.5 Å². The summed E-state index contributed by atoms with van der Waals surface area (Å²) in [7, 11) is 3.43. The zero-order chi connectivity index (χ0) is 22.6. The Kier molecular flexibility index (Phi) is 7.01. The summed E-state index contributed by atoms with van der Waals surface area (Å²) in [6.07, 6.45) is 3.95. The minimum atomic E-state index is -0.0271. The van der Waals surface area contributed by atoms with Crippen molar-refractivity contribution in [2.24, 2.45) is 5.41 Å². The van der Waals surface area contributed by atoms with Crippen molar-refractivity contribution in [2.45, 2.75) is 39.3 Å². The van der Waals surface area contributed by atoms with Crippen LogP contribution in [0.25, 0.3) is 0 Å². The number of methoxy groups -OCH3 is 2. The summed E-state index contributed by atoms with van der Waals surface area (Å²) in [5.74, 6) is 1.67. The fraction of sp³-hybridized carbons (Fsp3) is 0.500. The van der Waals surface area contributed by atoms with Gasteiger partial charge in [-0.15, -0.1) is 0 Å². The Hall–Kier alpha value is -2.57. The van der Waals surface area contributed by atoms with E-state index >= 15 is 0 Å². The minimum absolute atomic E-state index is 0.0271. The van der Waals surface area contributed by atoms with Crippen molar-refractivity contribution in [1.29, 1.82) is 0 Å². The molecule has 1 amide bonds. The van der Waals surface area contributed by atoms with Crippen LogP contribution in [0.1, 0.15) is 37.3 Å². The molecule has 2 heterocycles. The number of ether oxygens (including phenoxy) is 2. The zero-order valence-electron chi connectivity index (χ0n) is 19.6. The average molecular weight is 440 g/mol. The highest BCUT2D eigenvalue weighted by atomic mass is 16.5. The second kappa shape index (κ2) is 9.92. The van der Waals surface area contributed by atoms with Crippen molar-refractivity contribution in [3.8, 4) is 11.5 Å². The number of hydrogen-bond acceptors (Lipinski definition) is 3. The highest BCUT2D eigenvalue weighted by Crippen LogP contribution is 2.32. The number of hydrogen-bond donors (Lipinski definition) is 3. The molecule has 0 bridgehead atoms. The third-order valence-electron chi connectivity index (χ3n) is 7.15. The molecule has 0 aromatic heterocycles. The van der Waals surface area contributed by atoms with Gasteiger partial charge in [0.2, 0.25) is 5.91 Å². The smallest absolute Gasteiger partial charge is 0.221 e. The van der Waals surface area contributed by atoms with Crippen LogP contribution in [0.2, 0.25) is 0 Å². The molecule has 172 valence electrons. The highest BCUT2D eigenvalue weighted by Gasteiger charge is 2.46. The van der Waals surface area contributed by atoms with Crippen molar-refractivity contribution >= 4 is 11.6 Å². The van der Waals surface area contributed by atoms with Crippen molar-refractivity contribution < 1.29 is 24.1 Å². The molecule has 2 aliphatic rings. The van der Waals surface area contributed by atoms with E-state index in [9.17, 15) is 4.79 Å². The molecule has 3 N–H and O–H groups in total. The molecule has 1 spiro atoms. The number of amides is 1. The summed E-state index contributed by atoms with van der Waals surface area (Å²) in [4.78, 5) is 14.6. The van der Waals surface area contributed by atoms with Crippen LogP contribution in [-0.4, -0.2) is 46.3 Å². The van der Waals surface area contributed by atoms with E-state index in [1.54, 1.807) is 30.9 Å². The summed E-state index contributed by atoms with van der Waals surface area (Å²) in [5.41, 5.74) is 3.90. The first kappa shape index (κ1) is 22.6. The fourth-order valence-electron chi connectivity index (χ4n) is 5.80. The average Bonchev–Trinajstić information content (AvgIpc) is 3.15. The van der Waals surface area contributed by atoms with E-state index in [0.717, 1.165) is 30.3 Å². The quantitative estimate of drug-likeness (QED) is 0.610. The van der Waals surface area contributed by atoms with Crippen LogP contribution < -0.4 is 24.6 Å². The molecule has 2 aromatic carbocycles. The van der Waals surface area contributed by atoms with Gasteiger partial charge in [-0.2, -0.15) is 0 Å². The second-order valence-electron chi connectivity index (χ2n) is 9.59. The normalized spacial score (nSPS) is 25.0. The van der Waals surface area contributed by atoms with E-state index in [1.165, 1.54) is 56.6 Å². The van der Waals surface area contributed by atoms with Gasteiger partial charge >= 0.3 is 0 Å². The summed E-state index contributed by atoms with van der Waals surface area (Å²) in [5, 5.41) is 2.85. The lowest BCUT2D eigenvalue weighted by Gasteiger charge is -2.36. The molecule has 3 unspecified atom stereocenters. The molecule has 2 aromatic rings. The van der Waals surface area contributed by atoms with Crippen molar-refractivity contribution in [3.05, 3.63) is 53.6 Å². The number of carbonyl (C=O) groups is 1. The number of benzene rings is 2. The first-order valence-electron chi connectivity index (χ1n) is 11.7. The van der Waals surface area contributed by atoms with Gasteiger partial charge < -0.3 is 24.6 Å². The Labute approximate surface area is 191 Å². The molecule has 0 saturated carbocycles. The molecule has 0 aliphatic carbocycles. The lowest BCUT2D eigenvalue weighted by atomic mass is 9.79. The number of carbonyl (C=O) groups excluding carboxylic acids is 1. The molecular formula is C26H37N3O3+2. The summed E-state index contributed by atoms with van der Waals surface area (Å²) < 4.78 is 11.2. The van der Waals surface area contributed by atoms with Gasteiger partial charge in [-0.25, -0.2) is 0 Å². The minimum Gasteiger partial charge on any atom is -0.493 e. The third-order valence-corrected chi connectivity index (χ3v) is 7.15. The molecule has 32 heavy (non-hydrogen) atoms. The molecule has 2 aliphatic heterocycles. The fourth-order valence-corrected chi connectivity index (χ4v) is 5.80. The van der Waals surface area contributed by atoms with Gasteiger partial charge in [-0.05, 0) is 37.1 Å². The van der Waals surface area contributed by atoms with Crippen LogP contribution in [-0.2, 0) is 17.9 Å². The lowest BCUT2D eigenvalue weighted by Crippen LogP contribution is -3.14. The first-order chi connectivity index (χ1) is 15.5.